The lowest BCUT2D eigenvalue weighted by atomic mass is 10.00. The summed E-state index contributed by atoms with van der Waals surface area (Å²) in [6.45, 7) is 2.47. The molecule has 21 heavy (non-hydrogen) atoms. The maximum absolute atomic E-state index is 10.2. The Morgan fingerprint density at radius 1 is 0.952 bits per heavy atom. The number of hydrogen-bond acceptors (Lipinski definition) is 4. The molecule has 1 atom stereocenters. The molecule has 0 aliphatic rings. The van der Waals surface area contributed by atoms with E-state index >= 15 is 0 Å². The van der Waals surface area contributed by atoms with E-state index in [1.54, 1.807) is 20.3 Å². The minimum atomic E-state index is -0.327. The second kappa shape index (κ2) is 6.99. The number of phenols is 1. The fraction of sp³-hybridized carbons (Fsp3) is 0.294. The van der Waals surface area contributed by atoms with Crippen LogP contribution in [0.4, 0.5) is 0 Å². The van der Waals surface area contributed by atoms with Crippen molar-refractivity contribution < 1.29 is 19.3 Å². The number of benzene rings is 2. The van der Waals surface area contributed by atoms with E-state index in [1.807, 2.05) is 43.3 Å². The Bertz CT molecular complexity index is 578. The second-order valence-corrected chi connectivity index (χ2v) is 4.53. The molecule has 0 aliphatic heterocycles. The van der Waals surface area contributed by atoms with Crippen LogP contribution in [0.1, 0.15) is 24.2 Å². The van der Waals surface area contributed by atoms with Gasteiger partial charge in [0.25, 0.3) is 0 Å². The number of hydrogen-bond donors (Lipinski definition) is 1. The highest BCUT2D eigenvalue weighted by Gasteiger charge is 2.18. The van der Waals surface area contributed by atoms with Gasteiger partial charge in [0.05, 0.1) is 14.2 Å². The van der Waals surface area contributed by atoms with Gasteiger partial charge in [-0.25, -0.2) is 0 Å². The first-order chi connectivity index (χ1) is 10.2. The summed E-state index contributed by atoms with van der Waals surface area (Å²) >= 11 is 0. The molecule has 0 heterocycles. The Balaban J connectivity index is 2.37. The summed E-state index contributed by atoms with van der Waals surface area (Å²) in [6.07, 6.45) is -0.327. The largest absolute Gasteiger partial charge is 0.507 e. The molecule has 0 aromatic heterocycles. The van der Waals surface area contributed by atoms with E-state index in [1.165, 1.54) is 0 Å². The molecule has 1 N–H and O–H groups in total. The molecule has 0 fully saturated rings. The zero-order valence-electron chi connectivity index (χ0n) is 12.5. The first kappa shape index (κ1) is 15.2. The van der Waals surface area contributed by atoms with Gasteiger partial charge >= 0.3 is 0 Å². The summed E-state index contributed by atoms with van der Waals surface area (Å²) in [5.41, 5.74) is 1.67. The molecule has 4 nitrogen and oxygen atoms in total. The Kier molecular flexibility index (Phi) is 5.06. The fourth-order valence-corrected chi connectivity index (χ4v) is 2.18. The number of ether oxygens (including phenoxy) is 3. The molecule has 0 spiro atoms. The second-order valence-electron chi connectivity index (χ2n) is 4.53. The highest BCUT2D eigenvalue weighted by molar-refractivity contribution is 5.45. The highest BCUT2D eigenvalue weighted by Crippen LogP contribution is 2.35. The van der Waals surface area contributed by atoms with E-state index in [-0.39, 0.29) is 11.9 Å². The third-order valence-electron chi connectivity index (χ3n) is 3.27. The Morgan fingerprint density at radius 3 is 2.10 bits per heavy atom. The van der Waals surface area contributed by atoms with Gasteiger partial charge in [0.2, 0.25) is 0 Å². The lowest BCUT2D eigenvalue weighted by Gasteiger charge is -2.19. The number of aromatic hydroxyl groups is 1. The van der Waals surface area contributed by atoms with E-state index in [9.17, 15) is 5.11 Å². The van der Waals surface area contributed by atoms with Crippen LogP contribution in [-0.4, -0.2) is 25.9 Å². The van der Waals surface area contributed by atoms with Crippen LogP contribution in [0, 0.1) is 0 Å². The zero-order valence-corrected chi connectivity index (χ0v) is 12.5. The quantitative estimate of drug-likeness (QED) is 0.883. The van der Waals surface area contributed by atoms with E-state index < -0.39 is 0 Å². The van der Waals surface area contributed by atoms with Crippen LogP contribution < -0.4 is 9.47 Å². The van der Waals surface area contributed by atoms with Crippen molar-refractivity contribution >= 4 is 0 Å². The topological polar surface area (TPSA) is 47.9 Å². The van der Waals surface area contributed by atoms with E-state index in [2.05, 4.69) is 0 Å². The Morgan fingerprint density at radius 2 is 1.57 bits per heavy atom. The van der Waals surface area contributed by atoms with E-state index in [4.69, 9.17) is 14.2 Å². The van der Waals surface area contributed by atoms with Crippen molar-refractivity contribution in [3.05, 3.63) is 53.6 Å². The van der Waals surface area contributed by atoms with Gasteiger partial charge in [-0.15, -0.1) is 0 Å². The molecule has 0 bridgehead atoms. The molecule has 0 saturated carbocycles. The summed E-state index contributed by atoms with van der Waals surface area (Å²) in [7, 11) is 3.20. The highest BCUT2D eigenvalue weighted by atomic mass is 16.5. The van der Waals surface area contributed by atoms with Crippen LogP contribution in [0.3, 0.4) is 0 Å². The standard InChI is InChI=1S/C17H20O4/c1-4-21-17(12-5-7-13(19-2)8-6-12)15-10-9-14(20-3)11-16(15)18/h5-11,17-18H,4H2,1-3H3. The van der Waals surface area contributed by atoms with Gasteiger partial charge < -0.3 is 19.3 Å². The predicted molar refractivity (Wildman–Crippen MR) is 81.1 cm³/mol. The van der Waals surface area contributed by atoms with E-state index in [0.29, 0.717) is 17.9 Å². The normalized spacial score (nSPS) is 12.0. The van der Waals surface area contributed by atoms with Crippen molar-refractivity contribution in [2.75, 3.05) is 20.8 Å². The molecular formula is C17H20O4. The lowest BCUT2D eigenvalue weighted by molar-refractivity contribution is 0.0894. The molecule has 0 saturated heterocycles. The summed E-state index contributed by atoms with van der Waals surface area (Å²) in [4.78, 5) is 0. The average molecular weight is 288 g/mol. The Labute approximate surface area is 124 Å². The first-order valence-electron chi connectivity index (χ1n) is 6.82. The average Bonchev–Trinajstić information content (AvgIpc) is 2.53. The maximum Gasteiger partial charge on any atom is 0.125 e. The van der Waals surface area contributed by atoms with Crippen molar-refractivity contribution in [1.82, 2.24) is 0 Å². The van der Waals surface area contributed by atoms with Gasteiger partial charge in [-0.3, -0.25) is 0 Å². The van der Waals surface area contributed by atoms with Crippen LogP contribution in [-0.2, 0) is 4.74 Å². The molecule has 2 aromatic rings. The molecule has 4 heteroatoms. The molecule has 2 rings (SSSR count). The molecule has 0 amide bonds. The van der Waals surface area contributed by atoms with Gasteiger partial charge in [-0.2, -0.15) is 0 Å². The van der Waals surface area contributed by atoms with Crippen molar-refractivity contribution in [3.63, 3.8) is 0 Å². The summed E-state index contributed by atoms with van der Waals surface area (Å²) in [5.74, 6) is 1.55. The van der Waals surface area contributed by atoms with Crippen LogP contribution in [0.15, 0.2) is 42.5 Å². The van der Waals surface area contributed by atoms with Gasteiger partial charge in [0.1, 0.15) is 23.4 Å². The first-order valence-corrected chi connectivity index (χ1v) is 6.82. The molecule has 2 aromatic carbocycles. The van der Waals surface area contributed by atoms with Crippen LogP contribution >= 0.6 is 0 Å². The van der Waals surface area contributed by atoms with E-state index in [0.717, 1.165) is 11.3 Å². The van der Waals surface area contributed by atoms with Crippen molar-refractivity contribution in [3.8, 4) is 17.2 Å². The number of methoxy groups -OCH3 is 2. The number of rotatable bonds is 6. The lowest BCUT2D eigenvalue weighted by Crippen LogP contribution is -2.06. The maximum atomic E-state index is 10.2. The Hall–Kier alpha value is -2.20. The summed E-state index contributed by atoms with van der Waals surface area (Å²) < 4.78 is 16.1. The zero-order chi connectivity index (χ0) is 15.2. The minimum Gasteiger partial charge on any atom is -0.507 e. The summed E-state index contributed by atoms with van der Waals surface area (Å²) in [6, 6.07) is 12.8. The molecule has 1 unspecified atom stereocenters. The minimum absolute atomic E-state index is 0.156. The van der Waals surface area contributed by atoms with Crippen molar-refractivity contribution in [2.24, 2.45) is 0 Å². The predicted octanol–water partition coefficient (Wildman–Crippen LogP) is 3.54. The number of phenolic OH excluding ortho intramolecular Hbond substituents is 1. The van der Waals surface area contributed by atoms with Gasteiger partial charge in [0.15, 0.2) is 0 Å². The molecule has 112 valence electrons. The van der Waals surface area contributed by atoms with Crippen molar-refractivity contribution in [1.29, 1.82) is 0 Å². The monoisotopic (exact) mass is 288 g/mol. The molecule has 0 aliphatic carbocycles. The third kappa shape index (κ3) is 3.47. The van der Waals surface area contributed by atoms with Crippen LogP contribution in [0.25, 0.3) is 0 Å². The SMILES string of the molecule is CCOC(c1ccc(OC)cc1)c1ccc(OC)cc1O. The van der Waals surface area contributed by atoms with Crippen LogP contribution in [0.2, 0.25) is 0 Å². The fourth-order valence-electron chi connectivity index (χ4n) is 2.18. The summed E-state index contributed by atoms with van der Waals surface area (Å²) in [5, 5.41) is 10.2. The smallest absolute Gasteiger partial charge is 0.125 e. The van der Waals surface area contributed by atoms with Gasteiger partial charge in [-0.1, -0.05) is 12.1 Å². The van der Waals surface area contributed by atoms with Crippen molar-refractivity contribution in [2.45, 2.75) is 13.0 Å². The van der Waals surface area contributed by atoms with Gasteiger partial charge in [-0.05, 0) is 36.8 Å². The third-order valence-corrected chi connectivity index (χ3v) is 3.27. The molecular weight excluding hydrogens is 268 g/mol. The van der Waals surface area contributed by atoms with Crippen LogP contribution in [0.5, 0.6) is 17.2 Å². The molecule has 0 radical (unpaired) electrons. The van der Waals surface area contributed by atoms with Gasteiger partial charge in [0, 0.05) is 18.2 Å².